The minimum absolute atomic E-state index is 0.434. The van der Waals surface area contributed by atoms with E-state index in [1.165, 1.54) is 12.1 Å². The molecule has 10 heteroatoms. The highest BCUT2D eigenvalue weighted by molar-refractivity contribution is 7.89. The number of carbonyl (C=O) groups excluding carboxylic acids is 1. The van der Waals surface area contributed by atoms with Gasteiger partial charge in [-0.2, -0.15) is 13.2 Å². The lowest BCUT2D eigenvalue weighted by molar-refractivity contribution is -0.136. The summed E-state index contributed by atoms with van der Waals surface area (Å²) >= 11 is 0. The van der Waals surface area contributed by atoms with Crippen molar-refractivity contribution < 1.29 is 30.8 Å². The van der Waals surface area contributed by atoms with Crippen molar-refractivity contribution in [3.8, 4) is 0 Å². The van der Waals surface area contributed by atoms with Crippen LogP contribution in [0, 0.1) is 0 Å². The third-order valence-electron chi connectivity index (χ3n) is 2.82. The number of carbonyl (C=O) groups is 1. The van der Waals surface area contributed by atoms with E-state index < -0.39 is 44.2 Å². The Morgan fingerprint density at radius 1 is 1.13 bits per heavy atom. The molecule has 0 bridgehead atoms. The largest absolute Gasteiger partial charge is 0.438 e. The first kappa shape index (κ1) is 17.0. The van der Waals surface area contributed by atoms with Gasteiger partial charge in [-0.1, -0.05) is 12.1 Å². The van der Waals surface area contributed by atoms with E-state index in [9.17, 15) is 26.4 Å². The van der Waals surface area contributed by atoms with Gasteiger partial charge in [0.25, 0.3) is 15.9 Å². The molecular formula is C13H11F3N2O4S. The van der Waals surface area contributed by atoms with E-state index in [0.717, 1.165) is 31.3 Å². The van der Waals surface area contributed by atoms with E-state index in [1.807, 2.05) is 10.0 Å². The van der Waals surface area contributed by atoms with Crippen LogP contribution in [0.15, 0.2) is 45.9 Å². The van der Waals surface area contributed by atoms with Crippen LogP contribution in [-0.4, -0.2) is 21.4 Å². The molecule has 2 rings (SSSR count). The number of anilines is 1. The van der Waals surface area contributed by atoms with Crippen molar-refractivity contribution in [3.05, 3.63) is 47.7 Å². The van der Waals surface area contributed by atoms with Crippen LogP contribution in [0.5, 0.6) is 0 Å². The lowest BCUT2D eigenvalue weighted by Gasteiger charge is -2.12. The van der Waals surface area contributed by atoms with Crippen LogP contribution in [0.3, 0.4) is 0 Å². The molecule has 0 aliphatic heterocycles. The van der Waals surface area contributed by atoms with Gasteiger partial charge < -0.3 is 9.73 Å². The maximum atomic E-state index is 12.8. The minimum atomic E-state index is -4.65. The van der Waals surface area contributed by atoms with Crippen LogP contribution in [0.25, 0.3) is 0 Å². The highest BCUT2D eigenvalue weighted by Crippen LogP contribution is 2.34. The first-order valence-corrected chi connectivity index (χ1v) is 7.64. The zero-order valence-electron chi connectivity index (χ0n) is 11.6. The second kappa shape index (κ2) is 6.05. The van der Waals surface area contributed by atoms with Crippen molar-refractivity contribution in [2.75, 3.05) is 12.4 Å². The number of hydrogen-bond acceptors (Lipinski definition) is 4. The summed E-state index contributed by atoms with van der Waals surface area (Å²) in [7, 11) is -2.74. The normalized spacial score (nSPS) is 12.2. The van der Waals surface area contributed by atoms with Crippen molar-refractivity contribution in [1.29, 1.82) is 0 Å². The molecule has 0 radical (unpaired) electrons. The van der Waals surface area contributed by atoms with Crippen LogP contribution in [-0.2, 0) is 16.2 Å². The summed E-state index contributed by atoms with van der Waals surface area (Å²) in [5.41, 5.74) is -1.48. The van der Waals surface area contributed by atoms with Crippen molar-refractivity contribution in [2.45, 2.75) is 11.3 Å². The number of halogens is 3. The minimum Gasteiger partial charge on any atom is -0.438 e. The molecule has 6 nitrogen and oxygen atoms in total. The third-order valence-corrected chi connectivity index (χ3v) is 4.11. The Bertz CT molecular complexity index is 828. The van der Waals surface area contributed by atoms with Gasteiger partial charge in [0.1, 0.15) is 0 Å². The van der Waals surface area contributed by atoms with E-state index in [1.54, 1.807) is 0 Å². The Balaban J connectivity index is 2.28. The maximum absolute atomic E-state index is 12.8. The van der Waals surface area contributed by atoms with Crippen LogP contribution in [0.1, 0.15) is 16.1 Å². The smallest absolute Gasteiger partial charge is 0.418 e. The first-order chi connectivity index (χ1) is 10.6. The lowest BCUT2D eigenvalue weighted by atomic mass is 10.1. The second-order valence-corrected chi connectivity index (χ2v) is 6.14. The van der Waals surface area contributed by atoms with Gasteiger partial charge in [-0.15, -0.1) is 0 Å². The van der Waals surface area contributed by atoms with E-state index in [2.05, 4.69) is 0 Å². The number of rotatable bonds is 4. The van der Waals surface area contributed by atoms with E-state index in [0.29, 0.717) is 0 Å². The number of hydrogen-bond donors (Lipinski definition) is 2. The number of sulfonamides is 1. The van der Waals surface area contributed by atoms with Gasteiger partial charge in [-0.25, -0.2) is 13.1 Å². The van der Waals surface area contributed by atoms with Gasteiger partial charge in [0, 0.05) is 0 Å². The van der Waals surface area contributed by atoms with Crippen LogP contribution in [0.2, 0.25) is 0 Å². The Labute approximate surface area is 129 Å². The number of furan rings is 1. The molecule has 124 valence electrons. The lowest BCUT2D eigenvalue weighted by Crippen LogP contribution is -2.18. The Hall–Kier alpha value is -2.33. The summed E-state index contributed by atoms with van der Waals surface area (Å²) < 4.78 is 68.4. The average molecular weight is 348 g/mol. The fourth-order valence-electron chi connectivity index (χ4n) is 1.71. The highest BCUT2D eigenvalue weighted by atomic mass is 32.2. The molecule has 0 atom stereocenters. The number of amides is 1. The van der Waals surface area contributed by atoms with Crippen LogP contribution < -0.4 is 10.0 Å². The molecule has 1 amide bonds. The first-order valence-electron chi connectivity index (χ1n) is 6.16. The fraction of sp³-hybridized carbons (Fsp3) is 0.154. The molecule has 23 heavy (non-hydrogen) atoms. The zero-order valence-corrected chi connectivity index (χ0v) is 12.5. The molecule has 0 saturated heterocycles. The second-order valence-electron chi connectivity index (χ2n) is 4.32. The Kier molecular flexibility index (Phi) is 4.48. The van der Waals surface area contributed by atoms with E-state index in [4.69, 9.17) is 4.42 Å². The molecule has 0 aliphatic carbocycles. The standard InChI is InChI=1S/C13H11F3N2O4S/c1-17-23(20,21)11-7-6-10(22-11)12(19)18-9-5-3-2-4-8(9)13(14,15)16/h2-7,17H,1H3,(H,18,19). The van der Waals surface area contributed by atoms with Crippen LogP contribution >= 0.6 is 0 Å². The molecule has 0 unspecified atom stereocenters. The third kappa shape index (κ3) is 3.71. The molecular weight excluding hydrogens is 337 g/mol. The van der Waals surface area contributed by atoms with Crippen molar-refractivity contribution in [1.82, 2.24) is 4.72 Å². The van der Waals surface area contributed by atoms with Gasteiger partial charge in [0.2, 0.25) is 5.09 Å². The summed E-state index contributed by atoms with van der Waals surface area (Å²) in [6, 6.07) is 6.47. The summed E-state index contributed by atoms with van der Waals surface area (Å²) in [5.74, 6) is -1.44. The molecule has 0 fully saturated rings. The maximum Gasteiger partial charge on any atom is 0.418 e. The zero-order chi connectivity index (χ0) is 17.3. The number of alkyl halides is 3. The molecule has 2 N–H and O–H groups in total. The van der Waals surface area contributed by atoms with E-state index in [-0.39, 0.29) is 0 Å². The Morgan fingerprint density at radius 3 is 2.39 bits per heavy atom. The molecule has 0 spiro atoms. The topological polar surface area (TPSA) is 88.4 Å². The van der Waals surface area contributed by atoms with Crippen LogP contribution in [0.4, 0.5) is 18.9 Å². The molecule has 2 aromatic rings. The highest BCUT2D eigenvalue weighted by Gasteiger charge is 2.33. The van der Waals surface area contributed by atoms with Crippen molar-refractivity contribution >= 4 is 21.6 Å². The van der Waals surface area contributed by atoms with Gasteiger partial charge in [-0.05, 0) is 31.3 Å². The fourth-order valence-corrected chi connectivity index (χ4v) is 2.36. The molecule has 0 saturated carbocycles. The summed E-state index contributed by atoms with van der Waals surface area (Å²) in [6.45, 7) is 0. The predicted molar refractivity (Wildman–Crippen MR) is 74.4 cm³/mol. The predicted octanol–water partition coefficient (Wildman–Crippen LogP) is 2.46. The van der Waals surface area contributed by atoms with Crippen molar-refractivity contribution in [3.63, 3.8) is 0 Å². The molecule has 1 heterocycles. The molecule has 0 aliphatic rings. The molecule has 1 aromatic heterocycles. The number of para-hydroxylation sites is 1. The Morgan fingerprint density at radius 2 is 1.78 bits per heavy atom. The van der Waals surface area contributed by atoms with Gasteiger partial charge in [0.05, 0.1) is 11.3 Å². The van der Waals surface area contributed by atoms with E-state index >= 15 is 0 Å². The number of nitrogens with one attached hydrogen (secondary N) is 2. The SMILES string of the molecule is CNS(=O)(=O)c1ccc(C(=O)Nc2ccccc2C(F)(F)F)o1. The quantitative estimate of drug-likeness (QED) is 0.888. The summed E-state index contributed by atoms with van der Waals surface area (Å²) in [4.78, 5) is 11.9. The van der Waals surface area contributed by atoms with Crippen molar-refractivity contribution in [2.24, 2.45) is 0 Å². The average Bonchev–Trinajstić information content (AvgIpc) is 2.97. The van der Waals surface area contributed by atoms with Gasteiger partial charge in [-0.3, -0.25) is 4.79 Å². The number of benzene rings is 1. The summed E-state index contributed by atoms with van der Waals surface area (Å²) in [6.07, 6.45) is -4.65. The van der Waals surface area contributed by atoms with Gasteiger partial charge >= 0.3 is 6.18 Å². The monoisotopic (exact) mass is 348 g/mol. The molecule has 1 aromatic carbocycles. The summed E-state index contributed by atoms with van der Waals surface area (Å²) in [5, 5.41) is 1.53. The van der Waals surface area contributed by atoms with Gasteiger partial charge in [0.15, 0.2) is 5.76 Å².